The molecule has 114 valence electrons. The first-order chi connectivity index (χ1) is 11.1. The van der Waals surface area contributed by atoms with Gasteiger partial charge >= 0.3 is 16.9 Å². The Balaban J connectivity index is 2.00. The Bertz CT molecular complexity index is 1020. The highest BCUT2D eigenvalue weighted by Crippen LogP contribution is 2.26. The highest BCUT2D eigenvalue weighted by molar-refractivity contribution is 7.22. The Morgan fingerprint density at radius 3 is 2.57 bits per heavy atom. The minimum atomic E-state index is 0.267. The van der Waals surface area contributed by atoms with E-state index in [1.165, 1.54) is 15.8 Å². The first-order valence-corrected chi connectivity index (χ1v) is 8.14. The van der Waals surface area contributed by atoms with Crippen molar-refractivity contribution in [1.82, 2.24) is 9.97 Å². The van der Waals surface area contributed by atoms with Gasteiger partial charge < -0.3 is 5.73 Å². The van der Waals surface area contributed by atoms with Gasteiger partial charge in [0.15, 0.2) is 0 Å². The number of nitrogens with two attached hydrogens (primary N) is 1. The van der Waals surface area contributed by atoms with Gasteiger partial charge in [-0.25, -0.2) is 0 Å². The van der Waals surface area contributed by atoms with E-state index in [-0.39, 0.29) is 5.95 Å². The largest absolute Gasteiger partial charge is 0.362 e. The zero-order chi connectivity index (χ0) is 16.0. The maximum absolute atomic E-state index is 5.89. The van der Waals surface area contributed by atoms with Crippen LogP contribution >= 0.6 is 11.3 Å². The number of hydrogen-bond donors (Lipinski definition) is 2. The number of rotatable bonds is 2. The number of thiazole rings is 1. The van der Waals surface area contributed by atoms with Gasteiger partial charge in [-0.1, -0.05) is 39.5 Å². The van der Waals surface area contributed by atoms with Crippen LogP contribution in [0, 0.1) is 13.8 Å². The Morgan fingerprint density at radius 1 is 1.04 bits per heavy atom. The molecule has 0 atom stereocenters. The molecule has 23 heavy (non-hydrogen) atoms. The van der Waals surface area contributed by atoms with Crippen LogP contribution in [0.5, 0.6) is 0 Å². The van der Waals surface area contributed by atoms with Gasteiger partial charge in [-0.05, 0) is 49.2 Å². The lowest BCUT2D eigenvalue weighted by Crippen LogP contribution is -2.27. The fourth-order valence-electron chi connectivity index (χ4n) is 2.57. The molecule has 0 aliphatic heterocycles. The number of fused-ring (bicyclic) bond motifs is 3. The number of para-hydroxylation sites is 1. The van der Waals surface area contributed by atoms with E-state index in [0.29, 0.717) is 5.95 Å². The van der Waals surface area contributed by atoms with Crippen molar-refractivity contribution in [2.24, 2.45) is 0 Å². The lowest BCUT2D eigenvalue weighted by atomic mass is 10.1. The molecule has 4 aromatic rings. The maximum Gasteiger partial charge on any atom is 0.362 e. The molecule has 0 unspecified atom stereocenters. The zero-order valence-electron chi connectivity index (χ0n) is 12.9. The summed E-state index contributed by atoms with van der Waals surface area (Å²) in [7, 11) is 0. The lowest BCUT2D eigenvalue weighted by Gasteiger charge is -2.03. The second-order valence-corrected chi connectivity index (χ2v) is 6.53. The topological polar surface area (TPSA) is 67.9 Å². The van der Waals surface area contributed by atoms with Crippen LogP contribution in [-0.4, -0.2) is 9.97 Å². The van der Waals surface area contributed by atoms with Gasteiger partial charge in [-0.2, -0.15) is 4.40 Å². The summed E-state index contributed by atoms with van der Waals surface area (Å²) in [6, 6.07) is 14.3. The molecular weight excluding hydrogens is 306 g/mol. The average Bonchev–Trinajstić information content (AvgIpc) is 2.86. The summed E-state index contributed by atoms with van der Waals surface area (Å²) < 4.78 is 3.19. The lowest BCUT2D eigenvalue weighted by molar-refractivity contribution is -0.467. The van der Waals surface area contributed by atoms with E-state index in [0.717, 1.165) is 16.2 Å². The van der Waals surface area contributed by atoms with Crippen LogP contribution in [-0.2, 0) is 0 Å². The highest BCUT2D eigenvalue weighted by Gasteiger charge is 2.20. The van der Waals surface area contributed by atoms with Crippen molar-refractivity contribution in [1.29, 1.82) is 0 Å². The number of aromatic nitrogens is 3. The monoisotopic (exact) mass is 322 g/mol. The van der Waals surface area contributed by atoms with Crippen molar-refractivity contribution in [2.45, 2.75) is 13.8 Å². The molecule has 0 aliphatic carbocycles. The molecule has 5 nitrogen and oxygen atoms in total. The summed E-state index contributed by atoms with van der Waals surface area (Å²) in [6.07, 6.45) is 0. The predicted octanol–water partition coefficient (Wildman–Crippen LogP) is 3.37. The maximum atomic E-state index is 5.89. The first-order valence-electron chi connectivity index (χ1n) is 7.33. The van der Waals surface area contributed by atoms with Crippen LogP contribution in [0.4, 0.5) is 17.6 Å². The van der Waals surface area contributed by atoms with E-state index >= 15 is 0 Å². The van der Waals surface area contributed by atoms with Crippen LogP contribution in [0.15, 0.2) is 42.5 Å². The Labute approximate surface area is 137 Å². The molecule has 0 radical (unpaired) electrons. The Hall–Kier alpha value is -2.73. The summed E-state index contributed by atoms with van der Waals surface area (Å²) in [5.41, 5.74) is 10.5. The van der Waals surface area contributed by atoms with Crippen LogP contribution in [0.2, 0.25) is 0 Å². The molecule has 0 fully saturated rings. The smallest absolute Gasteiger partial charge is 0.346 e. The number of benzene rings is 2. The van der Waals surface area contributed by atoms with Crippen molar-refractivity contribution in [3.63, 3.8) is 0 Å². The number of aryl methyl sites for hydroxylation is 2. The van der Waals surface area contributed by atoms with Crippen molar-refractivity contribution < 1.29 is 4.40 Å². The van der Waals surface area contributed by atoms with Gasteiger partial charge in [0.1, 0.15) is 5.52 Å². The molecular formula is C17H16N5S+. The third-order valence-corrected chi connectivity index (χ3v) is 4.88. The fourth-order valence-corrected chi connectivity index (χ4v) is 3.67. The molecule has 2 aromatic carbocycles. The molecule has 0 saturated carbocycles. The van der Waals surface area contributed by atoms with Crippen LogP contribution in [0.3, 0.4) is 0 Å². The molecule has 2 heterocycles. The van der Waals surface area contributed by atoms with Crippen LogP contribution in [0.25, 0.3) is 15.2 Å². The normalized spacial score (nSPS) is 11.2. The molecule has 0 aliphatic rings. The minimum Gasteiger partial charge on any atom is -0.346 e. The quantitative estimate of drug-likeness (QED) is 0.555. The standard InChI is InChI=1S/C17H15N5S/c1-10-8-13-14(9-11(10)2)23-17-21-15(18)20-16(22(13)17)19-12-6-4-3-5-7-12/h3-9H,1-2H3,(H2,18,19,20)/p+1. The van der Waals surface area contributed by atoms with E-state index in [2.05, 4.69) is 41.3 Å². The number of nitrogen functional groups attached to an aromatic ring is 1. The first kappa shape index (κ1) is 13.9. The van der Waals surface area contributed by atoms with Crippen molar-refractivity contribution in [3.05, 3.63) is 53.6 Å². The molecule has 0 spiro atoms. The van der Waals surface area contributed by atoms with Crippen LogP contribution in [0.1, 0.15) is 11.1 Å². The van der Waals surface area contributed by atoms with E-state index in [1.807, 2.05) is 34.7 Å². The summed E-state index contributed by atoms with van der Waals surface area (Å²) >= 11 is 1.62. The third-order valence-electron chi connectivity index (χ3n) is 3.88. The van der Waals surface area contributed by atoms with Crippen molar-refractivity contribution >= 4 is 44.1 Å². The fraction of sp³-hybridized carbons (Fsp3) is 0.118. The van der Waals surface area contributed by atoms with Gasteiger partial charge in [-0.3, -0.25) is 5.32 Å². The number of hydrogen-bond acceptors (Lipinski definition) is 5. The summed E-state index contributed by atoms with van der Waals surface area (Å²) in [4.78, 5) is 9.61. The summed E-state index contributed by atoms with van der Waals surface area (Å²) in [5, 5.41) is 3.34. The van der Waals surface area contributed by atoms with Crippen molar-refractivity contribution in [2.75, 3.05) is 11.1 Å². The molecule has 2 aromatic heterocycles. The van der Waals surface area contributed by atoms with E-state index < -0.39 is 0 Å². The minimum absolute atomic E-state index is 0.267. The van der Waals surface area contributed by atoms with Crippen molar-refractivity contribution in [3.8, 4) is 0 Å². The molecule has 0 saturated heterocycles. The number of nitrogens with zero attached hydrogens (tertiary/aromatic N) is 3. The van der Waals surface area contributed by atoms with E-state index in [9.17, 15) is 0 Å². The number of anilines is 3. The highest BCUT2D eigenvalue weighted by atomic mass is 32.1. The summed E-state index contributed by atoms with van der Waals surface area (Å²) in [5.74, 6) is 0.941. The Morgan fingerprint density at radius 2 is 1.78 bits per heavy atom. The van der Waals surface area contributed by atoms with Gasteiger partial charge in [-0.15, -0.1) is 0 Å². The molecule has 0 amide bonds. The van der Waals surface area contributed by atoms with Crippen LogP contribution < -0.4 is 15.5 Å². The van der Waals surface area contributed by atoms with E-state index in [1.54, 1.807) is 11.3 Å². The molecule has 0 bridgehead atoms. The molecule has 6 heteroatoms. The average molecular weight is 322 g/mol. The predicted molar refractivity (Wildman–Crippen MR) is 94.2 cm³/mol. The van der Waals surface area contributed by atoms with Gasteiger partial charge in [0, 0.05) is 0 Å². The zero-order valence-corrected chi connectivity index (χ0v) is 13.7. The van der Waals surface area contributed by atoms with Gasteiger partial charge in [0.05, 0.1) is 10.4 Å². The molecule has 3 N–H and O–H groups in total. The second kappa shape index (κ2) is 5.17. The number of nitrogens with one attached hydrogen (secondary N) is 1. The Kier molecular flexibility index (Phi) is 3.12. The summed E-state index contributed by atoms with van der Waals surface area (Å²) in [6.45, 7) is 4.23. The molecule has 4 rings (SSSR count). The van der Waals surface area contributed by atoms with Gasteiger partial charge in [0.2, 0.25) is 0 Å². The van der Waals surface area contributed by atoms with Gasteiger partial charge in [0.25, 0.3) is 0 Å². The SMILES string of the molecule is Cc1cc2sc3nc(N)nc(Nc4ccccc4)[n+]3c2cc1C. The third kappa shape index (κ3) is 2.37. The van der Waals surface area contributed by atoms with E-state index in [4.69, 9.17) is 5.73 Å². The second-order valence-electron chi connectivity index (χ2n) is 5.52.